The minimum absolute atomic E-state index is 0.0481. The Morgan fingerprint density at radius 2 is 1.21 bits per heavy atom. The van der Waals surface area contributed by atoms with E-state index in [0.717, 1.165) is 51.4 Å². The third-order valence-electron chi connectivity index (χ3n) is 16.2. The Balaban J connectivity index is 1.01. The molecule has 0 radical (unpaired) electrons. The summed E-state index contributed by atoms with van der Waals surface area (Å²) in [5, 5.41) is 0. The maximum absolute atomic E-state index is 14.5. The van der Waals surface area contributed by atoms with E-state index < -0.39 is 51.3 Å². The summed E-state index contributed by atoms with van der Waals surface area (Å²) in [5.74, 6) is -0.463. The second-order valence-corrected chi connectivity index (χ2v) is 22.1. The molecule has 2 aliphatic carbocycles. The van der Waals surface area contributed by atoms with Crippen LogP contribution < -0.4 is 0 Å². The third-order valence-corrected chi connectivity index (χ3v) is 18.1. The first-order chi connectivity index (χ1) is 27.5. The van der Waals surface area contributed by atoms with Gasteiger partial charge in [-0.3, -0.25) is 0 Å². The van der Waals surface area contributed by atoms with Crippen molar-refractivity contribution in [2.45, 2.75) is 165 Å². The van der Waals surface area contributed by atoms with Gasteiger partial charge in [0.15, 0.2) is 33.6 Å². The van der Waals surface area contributed by atoms with Gasteiger partial charge in [0.25, 0.3) is 0 Å². The van der Waals surface area contributed by atoms with Gasteiger partial charge in [0.1, 0.15) is 6.61 Å². The Kier molecular flexibility index (Phi) is 10.6. The highest BCUT2D eigenvalue weighted by Gasteiger charge is 2.71. The fourth-order valence-corrected chi connectivity index (χ4v) is 14.5. The highest BCUT2D eigenvalue weighted by molar-refractivity contribution is 7.91. The van der Waals surface area contributed by atoms with E-state index in [1.54, 1.807) is 38.4 Å². The lowest BCUT2D eigenvalue weighted by Gasteiger charge is -2.61. The smallest absolute Gasteiger partial charge is 0.409 e. The number of fused-ring (bicyclic) bond motifs is 4. The van der Waals surface area contributed by atoms with E-state index in [-0.39, 0.29) is 70.9 Å². The summed E-state index contributed by atoms with van der Waals surface area (Å²) in [7, 11) is -0.544. The quantitative estimate of drug-likeness (QED) is 0.227. The highest BCUT2D eigenvalue weighted by Crippen LogP contribution is 2.63. The van der Waals surface area contributed by atoms with Crippen LogP contribution in [0.25, 0.3) is 0 Å². The van der Waals surface area contributed by atoms with Crippen LogP contribution in [0.3, 0.4) is 0 Å². The zero-order valence-electron chi connectivity index (χ0n) is 35.6. The summed E-state index contributed by atoms with van der Waals surface area (Å²) in [6.45, 7) is 13.0. The van der Waals surface area contributed by atoms with Crippen molar-refractivity contribution >= 4 is 15.9 Å². The summed E-state index contributed by atoms with van der Waals surface area (Å²) in [4.78, 5) is 38.7. The number of carbonyl (C=O) groups excluding carboxylic acids is 1. The lowest BCUT2D eigenvalue weighted by molar-refractivity contribution is -0.571. The van der Waals surface area contributed by atoms with E-state index in [1.165, 1.54) is 4.90 Å². The molecule has 10 fully saturated rings. The number of carbonyl (C=O) groups is 1. The molecule has 13 nitrogen and oxygen atoms in total. The number of sulfone groups is 1. The predicted octanol–water partition coefficient (Wildman–Crippen LogP) is 7.56. The van der Waals surface area contributed by atoms with Crippen LogP contribution in [0.1, 0.15) is 111 Å². The largest absolute Gasteiger partial charge is 0.445 e. The molecule has 16 atom stereocenters. The van der Waals surface area contributed by atoms with Gasteiger partial charge in [0.05, 0.1) is 22.9 Å². The second-order valence-electron chi connectivity index (χ2n) is 20.1. The van der Waals surface area contributed by atoms with Crippen molar-refractivity contribution in [1.29, 1.82) is 0 Å². The summed E-state index contributed by atoms with van der Waals surface area (Å²) in [5.41, 5.74) is -0.698. The molecule has 8 heterocycles. The molecule has 2 spiro atoms. The van der Waals surface area contributed by atoms with Gasteiger partial charge in [-0.1, -0.05) is 39.8 Å². The van der Waals surface area contributed by atoms with Crippen LogP contribution in [-0.2, 0) is 59.7 Å². The monoisotopic (exact) mass is 831 g/mol. The molecule has 58 heavy (non-hydrogen) atoms. The molecule has 0 N–H and O–H groups in total. The Morgan fingerprint density at radius 3 is 1.67 bits per heavy atom. The lowest BCUT2D eigenvalue weighted by Crippen LogP contribution is -2.70. The number of rotatable bonds is 9. The standard InChI is InChI=1S/C44H65NO12S/c1-25-9-15-34-27(3)36(50-38-43(34)32(25)17-19-41(5,52-38)54-56-43)21-30(24-58(47,48)31-13-11-29(12-14-31)23-49-40(46)45(7)8)22-37-28(4)35-16-10-26(2)33-18-20-42(6)53-39(51-37)44(33,35)57-55-42/h11-14,25-28,30,32-39H,9-10,15-24H2,1-8H3/t25-,26-,27-,28-,32+,33+,34+,35+,36-,37-,38-,39-,41-,42-,43-,44-/m1/s1. The van der Waals surface area contributed by atoms with Crippen molar-refractivity contribution in [2.24, 2.45) is 53.3 Å². The summed E-state index contributed by atoms with van der Waals surface area (Å²) in [6, 6.07) is 6.66. The second kappa shape index (κ2) is 14.9. The van der Waals surface area contributed by atoms with Crippen LogP contribution in [0.5, 0.6) is 0 Å². The van der Waals surface area contributed by atoms with Gasteiger partial charge >= 0.3 is 6.09 Å². The molecule has 1 aromatic rings. The van der Waals surface area contributed by atoms with E-state index in [0.29, 0.717) is 30.2 Å². The van der Waals surface area contributed by atoms with E-state index in [4.69, 9.17) is 43.2 Å². The fourth-order valence-electron chi connectivity index (χ4n) is 12.9. The zero-order valence-corrected chi connectivity index (χ0v) is 36.4. The predicted molar refractivity (Wildman–Crippen MR) is 209 cm³/mol. The maximum Gasteiger partial charge on any atom is 0.409 e. The van der Waals surface area contributed by atoms with Gasteiger partial charge in [0, 0.05) is 38.8 Å². The van der Waals surface area contributed by atoms with Gasteiger partial charge in [-0.15, -0.1) is 0 Å². The molecule has 2 saturated carbocycles. The fraction of sp³-hybridized carbons (Fsp3) is 0.841. The third kappa shape index (κ3) is 6.78. The summed E-state index contributed by atoms with van der Waals surface area (Å²) in [6.07, 6.45) is 6.22. The van der Waals surface area contributed by atoms with E-state index in [2.05, 4.69) is 27.7 Å². The van der Waals surface area contributed by atoms with Crippen molar-refractivity contribution in [3.8, 4) is 0 Å². The van der Waals surface area contributed by atoms with Crippen molar-refractivity contribution in [1.82, 2.24) is 4.90 Å². The van der Waals surface area contributed by atoms with Crippen LogP contribution >= 0.6 is 0 Å². The molecule has 8 saturated heterocycles. The number of benzene rings is 1. The molecule has 1 aromatic carbocycles. The van der Waals surface area contributed by atoms with Crippen molar-refractivity contribution < 1.29 is 56.4 Å². The molecule has 0 aromatic heterocycles. The first-order valence-electron chi connectivity index (χ1n) is 22.0. The first-order valence-corrected chi connectivity index (χ1v) is 23.7. The SMILES string of the molecule is C[C@H]1[C@@H](CC(C[C@H]2O[C@@H]3O[C@@]4(C)CC[C@H]5[C@H](C)CC[C@@H]([C@H]2C)[C@@]35OO4)CS(=O)(=O)c2ccc(COC(=O)N(C)C)cc2)O[C@@H]2O[C@@]3(C)CC[C@H]4[C@H](C)CC[C@@H]1[C@@]24OO3. The van der Waals surface area contributed by atoms with Crippen molar-refractivity contribution in [3.63, 3.8) is 0 Å². The molecule has 8 aliphatic heterocycles. The van der Waals surface area contributed by atoms with Crippen molar-refractivity contribution in [3.05, 3.63) is 29.8 Å². The molecule has 14 heteroatoms. The first kappa shape index (κ1) is 41.5. The Morgan fingerprint density at radius 1 is 0.724 bits per heavy atom. The number of hydrogen-bond acceptors (Lipinski definition) is 12. The van der Waals surface area contributed by atoms with Crippen LogP contribution in [0, 0.1) is 53.3 Å². The summed E-state index contributed by atoms with van der Waals surface area (Å²) < 4.78 is 61.9. The molecule has 0 unspecified atom stereocenters. The minimum atomic E-state index is -3.78. The van der Waals surface area contributed by atoms with E-state index in [1.807, 2.05) is 13.8 Å². The lowest BCUT2D eigenvalue weighted by atomic mass is 9.56. The van der Waals surface area contributed by atoms with Crippen LogP contribution in [0.2, 0.25) is 0 Å². The molecule has 1 amide bonds. The molecular weight excluding hydrogens is 767 g/mol. The van der Waals surface area contributed by atoms with Gasteiger partial charge in [-0.25, -0.2) is 32.8 Å². The number of amides is 1. The van der Waals surface area contributed by atoms with Gasteiger partial charge in [-0.2, -0.15) is 0 Å². The number of hydrogen-bond donors (Lipinski definition) is 0. The maximum atomic E-state index is 14.5. The normalized spacial score (nSPS) is 47.2. The highest BCUT2D eigenvalue weighted by atomic mass is 32.2. The average Bonchev–Trinajstić information content (AvgIpc) is 3.56. The average molecular weight is 832 g/mol. The van der Waals surface area contributed by atoms with Gasteiger partial charge in [-0.05, 0) is 124 Å². The number of ether oxygens (including phenoxy) is 5. The molecule has 4 bridgehead atoms. The van der Waals surface area contributed by atoms with Crippen LogP contribution in [0.4, 0.5) is 4.79 Å². The zero-order chi connectivity index (χ0) is 41.0. The Labute approximate surface area is 344 Å². The molecule has 11 rings (SSSR count). The number of nitrogens with zero attached hydrogens (tertiary/aromatic N) is 1. The van der Waals surface area contributed by atoms with E-state index >= 15 is 0 Å². The Hall–Kier alpha value is -1.88. The van der Waals surface area contributed by atoms with Crippen molar-refractivity contribution in [2.75, 3.05) is 19.8 Å². The van der Waals surface area contributed by atoms with Gasteiger partial charge in [0.2, 0.25) is 11.6 Å². The summed E-state index contributed by atoms with van der Waals surface area (Å²) >= 11 is 0. The minimum Gasteiger partial charge on any atom is -0.445 e. The van der Waals surface area contributed by atoms with Gasteiger partial charge < -0.3 is 28.6 Å². The van der Waals surface area contributed by atoms with Crippen LogP contribution in [0.15, 0.2) is 29.2 Å². The molecule has 10 aliphatic rings. The Bertz CT molecular complexity index is 1730. The van der Waals surface area contributed by atoms with E-state index in [9.17, 15) is 13.2 Å². The molecular formula is C44H65NO12S. The molecule has 324 valence electrons. The van der Waals surface area contributed by atoms with Crippen LogP contribution in [-0.4, -0.2) is 86.8 Å². The topological polar surface area (TPSA) is 138 Å².